The Hall–Kier alpha value is -1.63. The maximum atomic E-state index is 12.5. The summed E-state index contributed by atoms with van der Waals surface area (Å²) in [6.07, 6.45) is 11.8. The molecule has 0 aromatic carbocycles. The van der Waals surface area contributed by atoms with E-state index in [1.807, 2.05) is 11.1 Å². The van der Waals surface area contributed by atoms with Crippen LogP contribution in [0, 0.1) is 11.8 Å². The SMILES string of the molecule is O=C(C[C@H]1C=CS(=O)(=O)C1)N1CCC(c2nccn2CC2CCC2)CC1. The van der Waals surface area contributed by atoms with E-state index in [9.17, 15) is 13.2 Å². The molecule has 1 saturated carbocycles. The minimum Gasteiger partial charge on any atom is -0.343 e. The molecule has 1 aromatic heterocycles. The quantitative estimate of drug-likeness (QED) is 0.789. The fraction of sp³-hybridized carbons (Fsp3) is 0.684. The molecule has 2 fully saturated rings. The van der Waals surface area contributed by atoms with Gasteiger partial charge in [0.15, 0.2) is 9.84 Å². The van der Waals surface area contributed by atoms with Crippen molar-refractivity contribution in [3.05, 3.63) is 29.7 Å². The summed E-state index contributed by atoms with van der Waals surface area (Å²) in [5.74, 6) is 2.39. The van der Waals surface area contributed by atoms with Crippen LogP contribution in [0.2, 0.25) is 0 Å². The van der Waals surface area contributed by atoms with Gasteiger partial charge in [-0.1, -0.05) is 12.5 Å². The Labute approximate surface area is 155 Å². The second kappa shape index (κ2) is 7.18. The molecule has 0 N–H and O–H groups in total. The van der Waals surface area contributed by atoms with Gasteiger partial charge in [0.05, 0.1) is 5.75 Å². The average molecular weight is 378 g/mol. The first-order valence-electron chi connectivity index (χ1n) is 9.70. The molecular weight excluding hydrogens is 350 g/mol. The molecule has 6 nitrogen and oxygen atoms in total. The summed E-state index contributed by atoms with van der Waals surface area (Å²) in [5.41, 5.74) is 0. The van der Waals surface area contributed by atoms with Crippen LogP contribution in [-0.2, 0) is 21.2 Å². The van der Waals surface area contributed by atoms with Crippen molar-refractivity contribution in [1.82, 2.24) is 14.5 Å². The van der Waals surface area contributed by atoms with Gasteiger partial charge in [-0.2, -0.15) is 0 Å². The molecular formula is C19H27N3O3S. The average Bonchev–Trinajstić information content (AvgIpc) is 3.17. The van der Waals surface area contributed by atoms with Crippen molar-refractivity contribution < 1.29 is 13.2 Å². The van der Waals surface area contributed by atoms with Crippen molar-refractivity contribution in [1.29, 1.82) is 0 Å². The highest BCUT2D eigenvalue weighted by Crippen LogP contribution is 2.32. The molecule has 1 aliphatic carbocycles. The molecule has 7 heteroatoms. The Bertz CT molecular complexity index is 787. The second-order valence-corrected chi connectivity index (χ2v) is 9.94. The van der Waals surface area contributed by atoms with Crippen LogP contribution in [0.15, 0.2) is 23.9 Å². The number of carbonyl (C=O) groups excluding carboxylic acids is 1. The van der Waals surface area contributed by atoms with E-state index in [0.717, 1.165) is 38.4 Å². The van der Waals surface area contributed by atoms with Crippen LogP contribution in [0.4, 0.5) is 0 Å². The molecule has 1 amide bonds. The Morgan fingerprint density at radius 1 is 1.19 bits per heavy atom. The van der Waals surface area contributed by atoms with Gasteiger partial charge in [0, 0.05) is 55.7 Å². The Kier molecular flexibility index (Phi) is 4.90. The van der Waals surface area contributed by atoms with Crippen LogP contribution >= 0.6 is 0 Å². The lowest BCUT2D eigenvalue weighted by Gasteiger charge is -2.33. The van der Waals surface area contributed by atoms with Crippen molar-refractivity contribution >= 4 is 15.7 Å². The molecule has 1 aromatic rings. The maximum Gasteiger partial charge on any atom is 0.223 e. The fourth-order valence-electron chi connectivity index (χ4n) is 4.30. The van der Waals surface area contributed by atoms with Crippen LogP contribution in [0.5, 0.6) is 0 Å². The predicted octanol–water partition coefficient (Wildman–Crippen LogP) is 2.34. The third kappa shape index (κ3) is 3.87. The van der Waals surface area contributed by atoms with E-state index >= 15 is 0 Å². The summed E-state index contributed by atoms with van der Waals surface area (Å²) < 4.78 is 25.3. The van der Waals surface area contributed by atoms with Crippen molar-refractivity contribution in [3.63, 3.8) is 0 Å². The van der Waals surface area contributed by atoms with Gasteiger partial charge in [-0.05, 0) is 31.6 Å². The van der Waals surface area contributed by atoms with Gasteiger partial charge < -0.3 is 9.47 Å². The summed E-state index contributed by atoms with van der Waals surface area (Å²) in [5, 5.41) is 1.25. The lowest BCUT2D eigenvalue weighted by molar-refractivity contribution is -0.132. The third-order valence-corrected chi connectivity index (χ3v) is 7.55. The molecule has 2 aliphatic heterocycles. The second-order valence-electron chi connectivity index (χ2n) is 8.01. The lowest BCUT2D eigenvalue weighted by atomic mass is 9.85. The van der Waals surface area contributed by atoms with E-state index in [2.05, 4.69) is 15.7 Å². The Morgan fingerprint density at radius 3 is 2.58 bits per heavy atom. The monoisotopic (exact) mass is 377 g/mol. The molecule has 1 saturated heterocycles. The highest BCUT2D eigenvalue weighted by molar-refractivity contribution is 7.94. The standard InChI is InChI=1S/C19H27N3O3S/c23-18(12-16-6-11-26(24,25)14-16)21-8-4-17(5-9-21)19-20-7-10-22(19)13-15-2-1-3-15/h6-7,10-11,15-17H,1-5,8-9,12-14H2/t16-/m1/s1. The third-order valence-electron chi connectivity index (χ3n) is 6.08. The molecule has 1 atom stereocenters. The normalized spacial score (nSPS) is 26.2. The van der Waals surface area contributed by atoms with Gasteiger partial charge in [-0.3, -0.25) is 4.79 Å². The van der Waals surface area contributed by atoms with E-state index in [4.69, 9.17) is 0 Å². The van der Waals surface area contributed by atoms with Crippen LogP contribution in [-0.4, -0.2) is 47.6 Å². The van der Waals surface area contributed by atoms with E-state index in [1.54, 1.807) is 6.08 Å². The molecule has 0 radical (unpaired) electrons. The Morgan fingerprint density at radius 2 is 1.96 bits per heavy atom. The fourth-order valence-corrected chi connectivity index (χ4v) is 5.69. The molecule has 0 unspecified atom stereocenters. The molecule has 4 rings (SSSR count). The van der Waals surface area contributed by atoms with Gasteiger partial charge in [0.1, 0.15) is 5.82 Å². The van der Waals surface area contributed by atoms with Gasteiger partial charge in [0.25, 0.3) is 0 Å². The van der Waals surface area contributed by atoms with Crippen LogP contribution in [0.25, 0.3) is 0 Å². The zero-order valence-electron chi connectivity index (χ0n) is 15.1. The first-order valence-corrected chi connectivity index (χ1v) is 11.4. The van der Waals surface area contributed by atoms with E-state index in [-0.39, 0.29) is 17.6 Å². The van der Waals surface area contributed by atoms with Crippen molar-refractivity contribution in [3.8, 4) is 0 Å². The summed E-state index contributed by atoms with van der Waals surface area (Å²) in [6, 6.07) is 0. The van der Waals surface area contributed by atoms with Gasteiger partial charge in [0.2, 0.25) is 5.91 Å². The van der Waals surface area contributed by atoms with E-state index in [1.165, 1.54) is 30.5 Å². The number of hydrogen-bond donors (Lipinski definition) is 0. The number of likely N-dealkylation sites (tertiary alicyclic amines) is 1. The van der Waals surface area contributed by atoms with Crippen LogP contribution < -0.4 is 0 Å². The van der Waals surface area contributed by atoms with Gasteiger partial charge >= 0.3 is 0 Å². The molecule has 142 valence electrons. The first kappa shape index (κ1) is 17.8. The number of carbonyl (C=O) groups is 1. The van der Waals surface area contributed by atoms with Crippen LogP contribution in [0.3, 0.4) is 0 Å². The number of hydrogen-bond acceptors (Lipinski definition) is 4. The number of imidazole rings is 1. The topological polar surface area (TPSA) is 72.3 Å². The number of rotatable bonds is 5. The summed E-state index contributed by atoms with van der Waals surface area (Å²) in [6.45, 7) is 2.56. The highest BCUT2D eigenvalue weighted by Gasteiger charge is 2.30. The zero-order chi connectivity index (χ0) is 18.1. The smallest absolute Gasteiger partial charge is 0.223 e. The van der Waals surface area contributed by atoms with Crippen molar-refractivity contribution in [2.75, 3.05) is 18.8 Å². The molecule has 0 spiro atoms. The maximum absolute atomic E-state index is 12.5. The van der Waals surface area contributed by atoms with Gasteiger partial charge in [-0.15, -0.1) is 0 Å². The number of aromatic nitrogens is 2. The van der Waals surface area contributed by atoms with E-state index < -0.39 is 9.84 Å². The predicted molar refractivity (Wildman–Crippen MR) is 99.2 cm³/mol. The largest absolute Gasteiger partial charge is 0.343 e. The molecule has 26 heavy (non-hydrogen) atoms. The number of amides is 1. The number of allylic oxidation sites excluding steroid dienone is 1. The van der Waals surface area contributed by atoms with Crippen LogP contribution in [0.1, 0.15) is 50.3 Å². The molecule has 3 aliphatic rings. The Balaban J connectivity index is 1.29. The number of piperidine rings is 1. The molecule has 0 bridgehead atoms. The van der Waals surface area contributed by atoms with Crippen molar-refractivity contribution in [2.24, 2.45) is 11.8 Å². The molecule has 3 heterocycles. The van der Waals surface area contributed by atoms with Crippen molar-refractivity contribution in [2.45, 2.75) is 51.0 Å². The first-order chi connectivity index (χ1) is 12.5. The number of nitrogens with zero attached hydrogens (tertiary/aromatic N) is 3. The zero-order valence-corrected chi connectivity index (χ0v) is 15.9. The highest BCUT2D eigenvalue weighted by atomic mass is 32.2. The summed E-state index contributed by atoms with van der Waals surface area (Å²) >= 11 is 0. The minimum atomic E-state index is -3.08. The number of sulfone groups is 1. The minimum absolute atomic E-state index is 0.0769. The lowest BCUT2D eigenvalue weighted by Crippen LogP contribution is -2.39. The summed E-state index contributed by atoms with van der Waals surface area (Å²) in [4.78, 5) is 19.0. The van der Waals surface area contributed by atoms with E-state index in [0.29, 0.717) is 12.3 Å². The summed E-state index contributed by atoms with van der Waals surface area (Å²) in [7, 11) is -3.08. The van der Waals surface area contributed by atoms with Gasteiger partial charge in [-0.25, -0.2) is 13.4 Å².